The first kappa shape index (κ1) is 26.2. The quantitative estimate of drug-likeness (QED) is 0.497. The first-order chi connectivity index (χ1) is 17.9. The van der Waals surface area contributed by atoms with Gasteiger partial charge in [-0.2, -0.15) is 13.2 Å². The van der Waals surface area contributed by atoms with Crippen molar-refractivity contribution in [2.24, 2.45) is 0 Å². The maximum atomic E-state index is 13.6. The molecule has 3 heterocycles. The molecule has 5 rings (SSSR count). The number of nitrogens with one attached hydrogen (secondary N) is 1. The number of halogens is 3. The fourth-order valence-corrected chi connectivity index (χ4v) is 6.81. The number of sulfone groups is 1. The van der Waals surface area contributed by atoms with Crippen molar-refractivity contribution in [2.75, 3.05) is 40.8 Å². The summed E-state index contributed by atoms with van der Waals surface area (Å²) >= 11 is 0. The molecule has 0 bridgehead atoms. The smallest absolute Gasteiger partial charge is 0.416 e. The van der Waals surface area contributed by atoms with Crippen LogP contribution in [0.5, 0.6) is 5.75 Å². The molecule has 1 aromatic heterocycles. The summed E-state index contributed by atoms with van der Waals surface area (Å²) in [5, 5.41) is 0. The lowest BCUT2D eigenvalue weighted by Crippen LogP contribution is -2.41. The topological polar surface area (TPSA) is 119 Å². The van der Waals surface area contributed by atoms with Gasteiger partial charge in [0.05, 0.1) is 28.6 Å². The second kappa shape index (κ2) is 9.73. The van der Waals surface area contributed by atoms with Crippen LogP contribution in [-0.4, -0.2) is 58.0 Å². The normalized spacial score (nSPS) is 19.3. The van der Waals surface area contributed by atoms with Gasteiger partial charge in [0, 0.05) is 48.7 Å². The fourth-order valence-electron chi connectivity index (χ4n) is 4.63. The number of benzene rings is 2. The van der Waals surface area contributed by atoms with Gasteiger partial charge in [-0.15, -0.1) is 0 Å². The Morgan fingerprint density at radius 1 is 1.00 bits per heavy atom. The van der Waals surface area contributed by atoms with Crippen molar-refractivity contribution in [2.45, 2.75) is 23.4 Å². The van der Waals surface area contributed by atoms with Gasteiger partial charge in [0.15, 0.2) is 9.84 Å². The molecule has 14 heteroatoms. The first-order valence-corrected chi connectivity index (χ1v) is 15.0. The molecule has 0 aliphatic carbocycles. The Morgan fingerprint density at radius 2 is 1.68 bits per heavy atom. The van der Waals surface area contributed by atoms with Crippen LogP contribution in [0.4, 0.5) is 24.8 Å². The van der Waals surface area contributed by atoms with Gasteiger partial charge in [-0.05, 0) is 36.2 Å². The number of rotatable bonds is 5. The summed E-state index contributed by atoms with van der Waals surface area (Å²) in [4.78, 5) is 9.31. The molecule has 3 aromatic rings. The molecular formula is C24H23F3N4O5S2. The molecule has 0 unspecified atom stereocenters. The van der Waals surface area contributed by atoms with E-state index in [1.54, 1.807) is 17.0 Å². The third-order valence-electron chi connectivity index (χ3n) is 6.54. The van der Waals surface area contributed by atoms with Crippen LogP contribution in [0.1, 0.15) is 29.0 Å². The molecule has 1 saturated heterocycles. The molecule has 0 radical (unpaired) electrons. The largest absolute Gasteiger partial charge is 0.493 e. The third kappa shape index (κ3) is 5.41. The highest BCUT2D eigenvalue weighted by atomic mass is 32.2. The van der Waals surface area contributed by atoms with Gasteiger partial charge in [0.25, 0.3) is 10.0 Å². The molecule has 2 aliphatic heterocycles. The third-order valence-corrected chi connectivity index (χ3v) is 9.48. The molecule has 0 saturated carbocycles. The van der Waals surface area contributed by atoms with Crippen molar-refractivity contribution < 1.29 is 34.7 Å². The van der Waals surface area contributed by atoms with Gasteiger partial charge in [-0.3, -0.25) is 0 Å². The van der Waals surface area contributed by atoms with E-state index >= 15 is 0 Å². The maximum absolute atomic E-state index is 13.6. The Kier molecular flexibility index (Phi) is 6.71. The lowest BCUT2D eigenvalue weighted by Gasteiger charge is -2.34. The second-order valence-corrected chi connectivity index (χ2v) is 13.0. The molecule has 1 N–H and O–H groups in total. The molecule has 38 heavy (non-hydrogen) atoms. The summed E-state index contributed by atoms with van der Waals surface area (Å²) < 4.78 is 98.4. The van der Waals surface area contributed by atoms with Gasteiger partial charge in [-0.25, -0.2) is 31.5 Å². The van der Waals surface area contributed by atoms with E-state index < -0.39 is 37.5 Å². The molecule has 0 spiro atoms. The number of fused-ring (bicyclic) bond motifs is 1. The fraction of sp³-hybridized carbons (Fsp3) is 0.333. The van der Waals surface area contributed by atoms with Crippen LogP contribution in [0.2, 0.25) is 0 Å². The van der Waals surface area contributed by atoms with Gasteiger partial charge in [-0.1, -0.05) is 12.1 Å². The number of nitrogens with zero attached hydrogens (tertiary/aromatic N) is 3. The van der Waals surface area contributed by atoms with E-state index in [9.17, 15) is 30.0 Å². The first-order valence-electron chi connectivity index (χ1n) is 11.7. The SMILES string of the molecule is O=S1(=O)CCN(c2cc(C(F)(F)F)ccc2[C@@H]2CCOc3cc(S(=O)(=O)Nc4ncccn4)ccc32)CC1. The Hall–Kier alpha value is -3.39. The Balaban J connectivity index is 1.52. The summed E-state index contributed by atoms with van der Waals surface area (Å²) in [6, 6.07) is 9.37. The van der Waals surface area contributed by atoms with Crippen molar-refractivity contribution in [1.82, 2.24) is 9.97 Å². The number of alkyl halides is 3. The zero-order chi connectivity index (χ0) is 27.1. The maximum Gasteiger partial charge on any atom is 0.416 e. The van der Waals surface area contributed by atoms with E-state index in [-0.39, 0.29) is 42.0 Å². The van der Waals surface area contributed by atoms with E-state index in [0.29, 0.717) is 29.0 Å². The Morgan fingerprint density at radius 3 is 2.37 bits per heavy atom. The minimum absolute atomic E-state index is 0.0805. The summed E-state index contributed by atoms with van der Waals surface area (Å²) in [7, 11) is -7.28. The van der Waals surface area contributed by atoms with Crippen LogP contribution in [-0.2, 0) is 26.0 Å². The Bertz CT molecular complexity index is 1550. The molecule has 2 aliphatic rings. The highest BCUT2D eigenvalue weighted by Gasteiger charge is 2.35. The molecule has 202 valence electrons. The van der Waals surface area contributed by atoms with Crippen molar-refractivity contribution >= 4 is 31.5 Å². The Labute approximate surface area is 217 Å². The zero-order valence-corrected chi connectivity index (χ0v) is 21.5. The lowest BCUT2D eigenvalue weighted by molar-refractivity contribution is -0.137. The number of anilines is 2. The summed E-state index contributed by atoms with van der Waals surface area (Å²) in [5.41, 5.74) is 0.699. The second-order valence-electron chi connectivity index (χ2n) is 8.98. The van der Waals surface area contributed by atoms with Gasteiger partial charge < -0.3 is 9.64 Å². The van der Waals surface area contributed by atoms with Crippen LogP contribution in [0, 0.1) is 0 Å². The number of hydrogen-bond donors (Lipinski definition) is 1. The number of hydrogen-bond acceptors (Lipinski definition) is 8. The van der Waals surface area contributed by atoms with Crippen molar-refractivity contribution in [3.63, 3.8) is 0 Å². The van der Waals surface area contributed by atoms with Crippen LogP contribution >= 0.6 is 0 Å². The minimum atomic E-state index is -4.57. The molecular weight excluding hydrogens is 545 g/mol. The van der Waals surface area contributed by atoms with Gasteiger partial charge >= 0.3 is 6.18 Å². The van der Waals surface area contributed by atoms with E-state index in [2.05, 4.69) is 14.7 Å². The summed E-state index contributed by atoms with van der Waals surface area (Å²) in [6.07, 6.45) is -1.34. The molecule has 2 aromatic carbocycles. The van der Waals surface area contributed by atoms with Crippen molar-refractivity contribution in [3.05, 3.63) is 71.5 Å². The molecule has 1 atom stereocenters. The van der Waals surface area contributed by atoms with E-state index in [1.165, 1.54) is 30.6 Å². The minimum Gasteiger partial charge on any atom is -0.493 e. The van der Waals surface area contributed by atoms with Crippen LogP contribution < -0.4 is 14.4 Å². The standard InChI is InChI=1S/C24H23F3N4O5S2/c25-24(26,27)16-2-4-19(21(14-16)31-9-12-37(32,33)13-10-31)18-6-11-36-22-15-17(3-5-20(18)22)38(34,35)30-23-28-7-1-8-29-23/h1-5,7-8,14-15,18H,6,9-13H2,(H,28,29,30)/t18-/m0/s1. The monoisotopic (exact) mass is 568 g/mol. The van der Waals surface area contributed by atoms with Gasteiger partial charge in [0.2, 0.25) is 5.95 Å². The number of sulfonamides is 1. The van der Waals surface area contributed by atoms with E-state index in [1.807, 2.05) is 0 Å². The zero-order valence-electron chi connectivity index (χ0n) is 19.8. The average molecular weight is 569 g/mol. The molecule has 9 nitrogen and oxygen atoms in total. The van der Waals surface area contributed by atoms with Crippen molar-refractivity contribution in [3.8, 4) is 5.75 Å². The van der Waals surface area contributed by atoms with E-state index in [0.717, 1.165) is 12.1 Å². The predicted octanol–water partition coefficient (Wildman–Crippen LogP) is 3.45. The van der Waals surface area contributed by atoms with Crippen molar-refractivity contribution in [1.29, 1.82) is 0 Å². The summed E-state index contributed by atoms with van der Waals surface area (Å²) in [6.45, 7) is 0.374. The number of ether oxygens (including phenoxy) is 1. The van der Waals surface area contributed by atoms with Gasteiger partial charge in [0.1, 0.15) is 5.75 Å². The lowest BCUT2D eigenvalue weighted by atomic mass is 9.85. The number of aromatic nitrogens is 2. The van der Waals surface area contributed by atoms with Crippen LogP contribution in [0.15, 0.2) is 59.8 Å². The molecule has 1 fully saturated rings. The average Bonchev–Trinajstić information content (AvgIpc) is 2.87. The highest BCUT2D eigenvalue weighted by molar-refractivity contribution is 7.92. The van der Waals surface area contributed by atoms with Crippen LogP contribution in [0.3, 0.4) is 0 Å². The predicted molar refractivity (Wildman–Crippen MR) is 134 cm³/mol. The van der Waals surface area contributed by atoms with E-state index in [4.69, 9.17) is 4.74 Å². The molecule has 0 amide bonds. The summed E-state index contributed by atoms with van der Waals surface area (Å²) in [5.74, 6) is -0.484. The highest BCUT2D eigenvalue weighted by Crippen LogP contribution is 2.44. The van der Waals surface area contributed by atoms with Crippen LogP contribution in [0.25, 0.3) is 0 Å².